The normalized spacial score (nSPS) is 10.2. The molecular formula is C12H18N2O3. The molecule has 0 atom stereocenters. The number of hydrogen-bond acceptors (Lipinski definition) is 2. The molecule has 1 amide bonds. The van der Waals surface area contributed by atoms with Crippen LogP contribution >= 0.6 is 0 Å². The lowest BCUT2D eigenvalue weighted by molar-refractivity contribution is -0.137. The zero-order valence-corrected chi connectivity index (χ0v) is 10.2. The first kappa shape index (κ1) is 13.3. The van der Waals surface area contributed by atoms with Crippen molar-refractivity contribution in [3.8, 4) is 0 Å². The molecule has 2 N–H and O–H groups in total. The van der Waals surface area contributed by atoms with Crippen LogP contribution in [0.2, 0.25) is 0 Å². The lowest BCUT2D eigenvalue weighted by atomic mass is 10.2. The number of aryl methyl sites for hydroxylation is 1. The molecule has 1 heterocycles. The Hall–Kier alpha value is -1.78. The van der Waals surface area contributed by atoms with E-state index in [0.29, 0.717) is 25.1 Å². The van der Waals surface area contributed by atoms with Crippen LogP contribution in [0.1, 0.15) is 35.4 Å². The van der Waals surface area contributed by atoms with E-state index < -0.39 is 5.97 Å². The number of carboxylic acids is 1. The number of hydrogen-bond donors (Lipinski definition) is 2. The molecule has 0 fully saturated rings. The van der Waals surface area contributed by atoms with Gasteiger partial charge < -0.3 is 15.0 Å². The van der Waals surface area contributed by atoms with Gasteiger partial charge in [0.2, 0.25) is 0 Å². The first-order chi connectivity index (χ1) is 8.02. The fraction of sp³-hybridized carbons (Fsp3) is 0.500. The van der Waals surface area contributed by atoms with Gasteiger partial charge in [-0.3, -0.25) is 9.59 Å². The summed E-state index contributed by atoms with van der Waals surface area (Å²) in [6, 6.07) is 3.67. The fourth-order valence-corrected chi connectivity index (χ4v) is 1.53. The highest BCUT2D eigenvalue weighted by Crippen LogP contribution is 2.05. The molecule has 1 aromatic rings. The fourth-order valence-electron chi connectivity index (χ4n) is 1.53. The molecule has 94 valence electrons. The van der Waals surface area contributed by atoms with Crippen LogP contribution in [-0.4, -0.2) is 28.1 Å². The number of unbranched alkanes of at least 4 members (excludes halogenated alkanes) is 1. The monoisotopic (exact) mass is 238 g/mol. The highest BCUT2D eigenvalue weighted by Gasteiger charge is 2.09. The number of rotatable bonds is 6. The highest BCUT2D eigenvalue weighted by molar-refractivity contribution is 5.92. The van der Waals surface area contributed by atoms with E-state index in [1.54, 1.807) is 6.07 Å². The Bertz CT molecular complexity index is 410. The van der Waals surface area contributed by atoms with Crippen molar-refractivity contribution in [1.82, 2.24) is 9.88 Å². The molecule has 5 heteroatoms. The number of carboxylic acid groups (broad SMARTS) is 1. The molecule has 0 aromatic carbocycles. The maximum atomic E-state index is 11.7. The van der Waals surface area contributed by atoms with Crippen LogP contribution in [0.5, 0.6) is 0 Å². The molecule has 1 rings (SSSR count). The molecule has 0 radical (unpaired) electrons. The molecule has 0 bridgehead atoms. The molecule has 0 unspecified atom stereocenters. The molecule has 0 aliphatic heterocycles. The van der Waals surface area contributed by atoms with Crippen LogP contribution in [0.25, 0.3) is 0 Å². The lowest BCUT2D eigenvalue weighted by Gasteiger charge is -2.06. The van der Waals surface area contributed by atoms with Gasteiger partial charge in [0.15, 0.2) is 0 Å². The Labute approximate surface area is 100 Å². The lowest BCUT2D eigenvalue weighted by Crippen LogP contribution is -2.26. The minimum Gasteiger partial charge on any atom is -0.481 e. The predicted molar refractivity (Wildman–Crippen MR) is 64.0 cm³/mol. The van der Waals surface area contributed by atoms with E-state index in [1.165, 1.54) is 0 Å². The summed E-state index contributed by atoms with van der Waals surface area (Å²) < 4.78 is 1.83. The van der Waals surface area contributed by atoms with Gasteiger partial charge in [-0.25, -0.2) is 0 Å². The predicted octanol–water partition coefficient (Wildman–Crippen LogP) is 1.32. The number of nitrogens with one attached hydrogen (secondary N) is 1. The maximum absolute atomic E-state index is 11.7. The van der Waals surface area contributed by atoms with Crippen molar-refractivity contribution in [2.45, 2.75) is 26.2 Å². The maximum Gasteiger partial charge on any atom is 0.303 e. The van der Waals surface area contributed by atoms with Crippen molar-refractivity contribution in [3.05, 3.63) is 23.5 Å². The van der Waals surface area contributed by atoms with E-state index >= 15 is 0 Å². The third-order valence-corrected chi connectivity index (χ3v) is 2.71. The van der Waals surface area contributed by atoms with E-state index in [4.69, 9.17) is 5.11 Å². The second-order valence-electron chi connectivity index (χ2n) is 4.03. The summed E-state index contributed by atoms with van der Waals surface area (Å²) in [5, 5.41) is 11.2. The second kappa shape index (κ2) is 6.08. The van der Waals surface area contributed by atoms with E-state index in [9.17, 15) is 9.59 Å². The number of aromatic nitrogens is 1. The van der Waals surface area contributed by atoms with Crippen molar-refractivity contribution >= 4 is 11.9 Å². The second-order valence-corrected chi connectivity index (χ2v) is 4.03. The molecule has 1 aromatic heterocycles. The van der Waals surface area contributed by atoms with Gasteiger partial charge in [0.05, 0.1) is 0 Å². The number of aliphatic carboxylic acids is 1. The third kappa shape index (κ3) is 3.94. The van der Waals surface area contributed by atoms with Crippen LogP contribution in [-0.2, 0) is 11.8 Å². The minimum atomic E-state index is -0.797. The third-order valence-electron chi connectivity index (χ3n) is 2.71. The molecule has 0 spiro atoms. The molecular weight excluding hydrogens is 220 g/mol. The van der Waals surface area contributed by atoms with Crippen molar-refractivity contribution < 1.29 is 14.7 Å². The van der Waals surface area contributed by atoms with Gasteiger partial charge in [0.25, 0.3) is 5.91 Å². The smallest absolute Gasteiger partial charge is 0.303 e. The van der Waals surface area contributed by atoms with Gasteiger partial charge in [-0.15, -0.1) is 0 Å². The number of amides is 1. The minimum absolute atomic E-state index is 0.115. The van der Waals surface area contributed by atoms with Crippen LogP contribution in [0.4, 0.5) is 0 Å². The van der Waals surface area contributed by atoms with Crippen molar-refractivity contribution in [2.75, 3.05) is 6.54 Å². The van der Waals surface area contributed by atoms with Crippen molar-refractivity contribution in [3.63, 3.8) is 0 Å². The average Bonchev–Trinajstić information content (AvgIpc) is 2.59. The quantitative estimate of drug-likeness (QED) is 0.734. The molecule has 5 nitrogen and oxygen atoms in total. The summed E-state index contributed by atoms with van der Waals surface area (Å²) in [6.07, 6.45) is 1.42. The summed E-state index contributed by atoms with van der Waals surface area (Å²) >= 11 is 0. The van der Waals surface area contributed by atoms with E-state index in [0.717, 1.165) is 5.69 Å². The van der Waals surface area contributed by atoms with Gasteiger partial charge in [0, 0.05) is 25.7 Å². The van der Waals surface area contributed by atoms with E-state index in [2.05, 4.69) is 5.32 Å². The zero-order chi connectivity index (χ0) is 12.8. The molecule has 17 heavy (non-hydrogen) atoms. The molecule has 0 aliphatic rings. The average molecular weight is 238 g/mol. The van der Waals surface area contributed by atoms with Crippen LogP contribution < -0.4 is 5.32 Å². The van der Waals surface area contributed by atoms with Gasteiger partial charge in [-0.1, -0.05) is 0 Å². The van der Waals surface area contributed by atoms with Crippen LogP contribution in [0.3, 0.4) is 0 Å². The largest absolute Gasteiger partial charge is 0.481 e. The molecule has 0 saturated heterocycles. The Balaban J connectivity index is 2.31. The Morgan fingerprint density at radius 3 is 2.59 bits per heavy atom. The van der Waals surface area contributed by atoms with Crippen molar-refractivity contribution in [2.24, 2.45) is 7.05 Å². The highest BCUT2D eigenvalue weighted by atomic mass is 16.4. The first-order valence-electron chi connectivity index (χ1n) is 5.64. The van der Waals surface area contributed by atoms with Gasteiger partial charge in [-0.2, -0.15) is 0 Å². The van der Waals surface area contributed by atoms with Crippen LogP contribution in [0, 0.1) is 6.92 Å². The van der Waals surface area contributed by atoms with E-state index in [-0.39, 0.29) is 12.3 Å². The Morgan fingerprint density at radius 2 is 2.06 bits per heavy atom. The summed E-state index contributed by atoms with van der Waals surface area (Å²) in [5.74, 6) is -0.912. The van der Waals surface area contributed by atoms with Gasteiger partial charge >= 0.3 is 5.97 Å². The Morgan fingerprint density at radius 1 is 1.35 bits per heavy atom. The molecule has 0 saturated carbocycles. The number of carbonyl (C=O) groups is 2. The molecule has 0 aliphatic carbocycles. The van der Waals surface area contributed by atoms with E-state index in [1.807, 2.05) is 24.6 Å². The zero-order valence-electron chi connectivity index (χ0n) is 10.2. The Kier molecular flexibility index (Phi) is 4.75. The summed E-state index contributed by atoms with van der Waals surface area (Å²) in [7, 11) is 1.84. The van der Waals surface area contributed by atoms with Crippen LogP contribution in [0.15, 0.2) is 12.1 Å². The first-order valence-corrected chi connectivity index (χ1v) is 5.64. The topological polar surface area (TPSA) is 71.3 Å². The van der Waals surface area contributed by atoms with Crippen molar-refractivity contribution in [1.29, 1.82) is 0 Å². The summed E-state index contributed by atoms with van der Waals surface area (Å²) in [5.41, 5.74) is 1.65. The van der Waals surface area contributed by atoms with Gasteiger partial charge in [-0.05, 0) is 31.9 Å². The summed E-state index contributed by atoms with van der Waals surface area (Å²) in [4.78, 5) is 22.0. The number of nitrogens with zero attached hydrogens (tertiary/aromatic N) is 1. The van der Waals surface area contributed by atoms with Gasteiger partial charge in [0.1, 0.15) is 5.69 Å². The SMILES string of the molecule is Cc1ccc(C(=O)NCCCCC(=O)O)n1C. The summed E-state index contributed by atoms with van der Waals surface area (Å²) in [6.45, 7) is 2.44. The standard InChI is InChI=1S/C12H18N2O3/c1-9-6-7-10(14(9)2)12(17)13-8-4-3-5-11(15)16/h6-7H,3-5,8H2,1-2H3,(H,13,17)(H,15,16). The number of carbonyl (C=O) groups excluding carboxylic acids is 1.